The molecule has 0 bridgehead atoms. The van der Waals surface area contributed by atoms with Crippen molar-refractivity contribution in [1.82, 2.24) is 15.0 Å². The van der Waals surface area contributed by atoms with Gasteiger partial charge in [-0.25, -0.2) is 14.8 Å². The lowest BCUT2D eigenvalue weighted by Crippen LogP contribution is -2.42. The number of alkyl halides is 3. The normalized spacial score (nSPS) is 17.2. The fraction of sp³-hybridized carbons (Fsp3) is 0.414. The number of nitrogens with one attached hydrogen (secondary N) is 1. The molecule has 9 nitrogen and oxygen atoms in total. The molecule has 1 aliphatic rings. The summed E-state index contributed by atoms with van der Waals surface area (Å²) < 4.78 is 47.3. The first-order valence-corrected chi connectivity index (χ1v) is 13.4. The fourth-order valence-corrected chi connectivity index (χ4v) is 4.89. The highest BCUT2D eigenvalue weighted by Crippen LogP contribution is 2.39. The summed E-state index contributed by atoms with van der Waals surface area (Å²) in [5.41, 5.74) is -0.993. The van der Waals surface area contributed by atoms with Crippen molar-refractivity contribution in [1.29, 1.82) is 0 Å². The SMILES string of the molecule is CC1CCC(C(=O)N(c2ccc(Oc3ncc(CNc4cnccn4)cc3C(F)(F)F)cc2C(=O)O)C(C)C)CC1. The van der Waals surface area contributed by atoms with Gasteiger partial charge in [0.25, 0.3) is 0 Å². The van der Waals surface area contributed by atoms with E-state index in [9.17, 15) is 27.9 Å². The summed E-state index contributed by atoms with van der Waals surface area (Å²) in [6.07, 6.45) is 4.08. The van der Waals surface area contributed by atoms with Crippen molar-refractivity contribution in [3.63, 3.8) is 0 Å². The molecule has 1 fully saturated rings. The summed E-state index contributed by atoms with van der Waals surface area (Å²) in [5, 5.41) is 12.9. The van der Waals surface area contributed by atoms with Gasteiger partial charge in [-0.15, -0.1) is 0 Å². The predicted molar refractivity (Wildman–Crippen MR) is 146 cm³/mol. The molecule has 3 aromatic rings. The molecule has 2 heterocycles. The molecule has 0 aliphatic heterocycles. The lowest BCUT2D eigenvalue weighted by Gasteiger charge is -2.34. The van der Waals surface area contributed by atoms with Crippen LogP contribution in [0.2, 0.25) is 0 Å². The van der Waals surface area contributed by atoms with Crippen LogP contribution in [-0.4, -0.2) is 38.0 Å². The van der Waals surface area contributed by atoms with Crippen molar-refractivity contribution in [2.45, 2.75) is 65.2 Å². The Morgan fingerprint density at radius 1 is 1.10 bits per heavy atom. The highest BCUT2D eigenvalue weighted by Gasteiger charge is 2.36. The molecule has 2 aromatic heterocycles. The van der Waals surface area contributed by atoms with Gasteiger partial charge in [0.05, 0.1) is 17.4 Å². The Hall–Kier alpha value is -4.22. The number of aromatic carboxylic acids is 1. The van der Waals surface area contributed by atoms with Crippen LogP contribution in [0.5, 0.6) is 11.6 Å². The minimum absolute atomic E-state index is 0.00584. The summed E-state index contributed by atoms with van der Waals surface area (Å²) in [6.45, 7) is 5.73. The zero-order valence-electron chi connectivity index (χ0n) is 23.0. The first-order chi connectivity index (χ1) is 19.4. The van der Waals surface area contributed by atoms with Gasteiger partial charge >= 0.3 is 12.1 Å². The van der Waals surface area contributed by atoms with Crippen LogP contribution in [0.4, 0.5) is 24.7 Å². The zero-order chi connectivity index (χ0) is 29.7. The van der Waals surface area contributed by atoms with E-state index in [0.717, 1.165) is 37.8 Å². The van der Waals surface area contributed by atoms with E-state index in [1.807, 2.05) is 0 Å². The predicted octanol–water partition coefficient (Wildman–Crippen LogP) is 6.56. The van der Waals surface area contributed by atoms with E-state index in [2.05, 4.69) is 27.2 Å². The smallest absolute Gasteiger partial charge is 0.421 e. The standard InChI is InChI=1S/C29H32F3N5O4/c1-17(2)37(27(38)20-6-4-18(3)5-7-20)24-9-8-21(13-22(24)28(39)40)41-26-23(29(30,31)32)12-19(15-36-26)14-35-25-16-33-10-11-34-25/h8-13,15-18,20H,4-7,14H2,1-3H3,(H,34,35)(H,39,40). The Labute approximate surface area is 235 Å². The van der Waals surface area contributed by atoms with E-state index in [-0.39, 0.29) is 47.0 Å². The van der Waals surface area contributed by atoms with Crippen LogP contribution >= 0.6 is 0 Å². The quantitative estimate of drug-likeness (QED) is 0.297. The number of benzene rings is 1. The van der Waals surface area contributed by atoms with Gasteiger partial charge in [-0.3, -0.25) is 9.78 Å². The van der Waals surface area contributed by atoms with Gasteiger partial charge in [-0.05, 0) is 75.3 Å². The maximum absolute atomic E-state index is 13.9. The molecule has 0 spiro atoms. The molecular formula is C29H32F3N5O4. The third-order valence-corrected chi connectivity index (χ3v) is 7.04. The van der Waals surface area contributed by atoms with Crippen LogP contribution in [0, 0.1) is 11.8 Å². The number of amides is 1. The first-order valence-electron chi connectivity index (χ1n) is 13.4. The zero-order valence-corrected chi connectivity index (χ0v) is 23.0. The Balaban J connectivity index is 1.61. The number of pyridine rings is 1. The van der Waals surface area contributed by atoms with E-state index in [4.69, 9.17) is 4.74 Å². The van der Waals surface area contributed by atoms with Crippen molar-refractivity contribution >= 4 is 23.4 Å². The Morgan fingerprint density at radius 3 is 2.44 bits per heavy atom. The van der Waals surface area contributed by atoms with Gasteiger partial charge in [0.1, 0.15) is 17.1 Å². The molecule has 0 atom stereocenters. The number of carboxylic acid groups (broad SMARTS) is 1. The van der Waals surface area contributed by atoms with Gasteiger partial charge in [-0.2, -0.15) is 13.2 Å². The summed E-state index contributed by atoms with van der Waals surface area (Å²) in [6, 6.07) is 4.43. The molecule has 0 unspecified atom stereocenters. The van der Waals surface area contributed by atoms with E-state index in [1.165, 1.54) is 41.8 Å². The van der Waals surface area contributed by atoms with Gasteiger partial charge < -0.3 is 20.1 Å². The van der Waals surface area contributed by atoms with Crippen LogP contribution < -0.4 is 15.0 Å². The molecule has 41 heavy (non-hydrogen) atoms. The molecule has 0 saturated heterocycles. The Morgan fingerprint density at radius 2 is 1.83 bits per heavy atom. The molecule has 4 rings (SSSR count). The van der Waals surface area contributed by atoms with Crippen LogP contribution in [0.15, 0.2) is 49.1 Å². The maximum atomic E-state index is 13.9. The number of carboxylic acids is 1. The van der Waals surface area contributed by atoms with Gasteiger partial charge in [0.15, 0.2) is 0 Å². The van der Waals surface area contributed by atoms with Crippen LogP contribution in [0.1, 0.15) is 67.9 Å². The molecule has 1 saturated carbocycles. The van der Waals surface area contributed by atoms with Crippen molar-refractivity contribution < 1.29 is 32.6 Å². The van der Waals surface area contributed by atoms with Gasteiger partial charge in [-0.1, -0.05) is 6.92 Å². The van der Waals surface area contributed by atoms with Crippen LogP contribution in [0.3, 0.4) is 0 Å². The van der Waals surface area contributed by atoms with Crippen molar-refractivity contribution in [2.75, 3.05) is 10.2 Å². The first kappa shape index (κ1) is 29.8. The number of hydrogen-bond acceptors (Lipinski definition) is 7. The van der Waals surface area contributed by atoms with Gasteiger partial charge in [0, 0.05) is 37.1 Å². The second-order valence-corrected chi connectivity index (χ2v) is 10.5. The number of aromatic nitrogens is 3. The van der Waals surface area contributed by atoms with Crippen molar-refractivity contribution in [3.8, 4) is 11.6 Å². The fourth-order valence-electron chi connectivity index (χ4n) is 4.89. The number of halogens is 3. The molecular weight excluding hydrogens is 539 g/mol. The van der Waals surface area contributed by atoms with Crippen LogP contribution in [0.25, 0.3) is 0 Å². The second-order valence-electron chi connectivity index (χ2n) is 10.5. The monoisotopic (exact) mass is 571 g/mol. The van der Waals surface area contributed by atoms with Gasteiger partial charge in [0.2, 0.25) is 11.8 Å². The Bertz CT molecular complexity index is 1380. The number of rotatable bonds is 9. The van der Waals surface area contributed by atoms with E-state index in [1.54, 1.807) is 13.8 Å². The number of nitrogens with zero attached hydrogens (tertiary/aromatic N) is 4. The van der Waals surface area contributed by atoms with Crippen molar-refractivity contribution in [2.24, 2.45) is 11.8 Å². The number of ether oxygens (including phenoxy) is 1. The van der Waals surface area contributed by atoms with Crippen molar-refractivity contribution in [3.05, 3.63) is 65.7 Å². The molecule has 1 aromatic carbocycles. The van der Waals surface area contributed by atoms with E-state index in [0.29, 0.717) is 11.7 Å². The average Bonchev–Trinajstić information content (AvgIpc) is 2.93. The summed E-state index contributed by atoms with van der Waals surface area (Å²) in [7, 11) is 0. The molecule has 218 valence electrons. The second kappa shape index (κ2) is 12.5. The molecule has 12 heteroatoms. The molecule has 2 N–H and O–H groups in total. The third-order valence-electron chi connectivity index (χ3n) is 7.04. The molecule has 1 aliphatic carbocycles. The summed E-state index contributed by atoms with van der Waals surface area (Å²) in [4.78, 5) is 39.0. The number of hydrogen-bond donors (Lipinski definition) is 2. The Kier molecular flexibility index (Phi) is 9.09. The minimum atomic E-state index is -4.79. The third kappa shape index (κ3) is 7.30. The van der Waals surface area contributed by atoms with E-state index >= 15 is 0 Å². The van der Waals surface area contributed by atoms with E-state index < -0.39 is 23.6 Å². The lowest BCUT2D eigenvalue weighted by molar-refractivity contribution is -0.139. The highest BCUT2D eigenvalue weighted by atomic mass is 19.4. The van der Waals surface area contributed by atoms with Crippen LogP contribution in [-0.2, 0) is 17.5 Å². The maximum Gasteiger partial charge on any atom is 0.421 e. The molecule has 0 radical (unpaired) electrons. The minimum Gasteiger partial charge on any atom is -0.478 e. The largest absolute Gasteiger partial charge is 0.478 e. The number of carbonyl (C=O) groups is 2. The summed E-state index contributed by atoms with van der Waals surface area (Å²) in [5.74, 6) is -1.67. The summed E-state index contributed by atoms with van der Waals surface area (Å²) >= 11 is 0. The topological polar surface area (TPSA) is 118 Å². The number of carbonyl (C=O) groups excluding carboxylic acids is 1. The average molecular weight is 572 g/mol. The highest BCUT2D eigenvalue weighted by molar-refractivity contribution is 6.03. The number of anilines is 2. The molecule has 1 amide bonds. The lowest BCUT2D eigenvalue weighted by atomic mass is 9.82.